The van der Waals surface area contributed by atoms with E-state index in [0.29, 0.717) is 16.4 Å². The second kappa shape index (κ2) is 7.62. The zero-order chi connectivity index (χ0) is 20.8. The highest BCUT2D eigenvalue weighted by Crippen LogP contribution is 2.46. The molecule has 152 valence electrons. The molecule has 2 aromatic carbocycles. The van der Waals surface area contributed by atoms with Crippen molar-refractivity contribution in [2.75, 3.05) is 30.4 Å². The summed E-state index contributed by atoms with van der Waals surface area (Å²) in [6.45, 7) is 0. The van der Waals surface area contributed by atoms with Crippen LogP contribution in [0.1, 0.15) is 12.8 Å². The summed E-state index contributed by atoms with van der Waals surface area (Å²) >= 11 is 1.93. The number of hydrogen-bond acceptors (Lipinski definition) is 4. The summed E-state index contributed by atoms with van der Waals surface area (Å²) in [5.74, 6) is -3.35. The van der Waals surface area contributed by atoms with Crippen LogP contribution in [0.3, 0.4) is 0 Å². The highest BCUT2D eigenvalue weighted by Gasteiger charge is 2.41. The van der Waals surface area contributed by atoms with Crippen LogP contribution in [0.2, 0.25) is 0 Å². The number of rotatable bonds is 6. The Bertz CT molecular complexity index is 1030. The van der Waals surface area contributed by atoms with E-state index in [-0.39, 0.29) is 17.1 Å². The molecule has 3 rings (SSSR count). The monoisotopic (exact) mass is 526 g/mol. The number of ether oxygens (including phenoxy) is 1. The van der Waals surface area contributed by atoms with Crippen LogP contribution < -0.4 is 13.9 Å². The van der Waals surface area contributed by atoms with Gasteiger partial charge in [-0.2, -0.15) is 0 Å². The number of anilines is 3. The van der Waals surface area contributed by atoms with Crippen LogP contribution in [0.5, 0.6) is 5.75 Å². The van der Waals surface area contributed by atoms with Crippen molar-refractivity contribution in [2.24, 2.45) is 0 Å². The summed E-state index contributed by atoms with van der Waals surface area (Å²) in [4.78, 5) is 1.08. The number of benzene rings is 2. The van der Waals surface area contributed by atoms with Gasteiger partial charge in [0.2, 0.25) is 10.0 Å². The number of halogens is 4. The maximum absolute atomic E-state index is 14.9. The molecule has 1 aliphatic rings. The third-order valence-electron chi connectivity index (χ3n) is 4.60. The standard InChI is InChI=1S/C18H18F3IN2O3S/c1-23(14-7-4-10(22)8-12(14)19)18-16(21)13(20)9-15(27-3)17(18)24(2)28(25,26)11-5-6-11/h4,7-9,11H,5-6H2,1-3H3. The maximum atomic E-state index is 14.9. The summed E-state index contributed by atoms with van der Waals surface area (Å²) in [5.41, 5.74) is -0.650. The van der Waals surface area contributed by atoms with Crippen molar-refractivity contribution in [3.63, 3.8) is 0 Å². The lowest BCUT2D eigenvalue weighted by molar-refractivity contribution is 0.408. The SMILES string of the molecule is COc1cc(F)c(F)c(N(C)c2ccc(I)cc2F)c1N(C)S(=O)(=O)C1CC1. The van der Waals surface area contributed by atoms with Gasteiger partial charge in [-0.3, -0.25) is 4.31 Å². The Kier molecular flexibility index (Phi) is 5.72. The van der Waals surface area contributed by atoms with E-state index >= 15 is 0 Å². The molecule has 10 heteroatoms. The zero-order valence-electron chi connectivity index (χ0n) is 15.3. The summed E-state index contributed by atoms with van der Waals surface area (Å²) in [5, 5.41) is -0.580. The van der Waals surface area contributed by atoms with Gasteiger partial charge in [0, 0.05) is 23.7 Å². The fraction of sp³-hybridized carbons (Fsp3) is 0.333. The van der Waals surface area contributed by atoms with Gasteiger partial charge in [-0.1, -0.05) is 0 Å². The van der Waals surface area contributed by atoms with Crippen molar-refractivity contribution in [2.45, 2.75) is 18.1 Å². The van der Waals surface area contributed by atoms with E-state index in [0.717, 1.165) is 15.3 Å². The van der Waals surface area contributed by atoms with Crippen molar-refractivity contribution in [1.29, 1.82) is 0 Å². The lowest BCUT2D eigenvalue weighted by Crippen LogP contribution is -2.32. The zero-order valence-corrected chi connectivity index (χ0v) is 18.3. The first-order valence-corrected chi connectivity index (χ1v) is 10.9. The van der Waals surface area contributed by atoms with Crippen molar-refractivity contribution < 1.29 is 26.3 Å². The van der Waals surface area contributed by atoms with Crippen LogP contribution in [0.25, 0.3) is 0 Å². The molecule has 0 spiro atoms. The van der Waals surface area contributed by atoms with Gasteiger partial charge in [-0.15, -0.1) is 0 Å². The average Bonchev–Trinajstić information content (AvgIpc) is 3.48. The minimum absolute atomic E-state index is 0.0366. The molecule has 0 atom stereocenters. The van der Waals surface area contributed by atoms with Crippen LogP contribution in [-0.2, 0) is 10.0 Å². The average molecular weight is 526 g/mol. The van der Waals surface area contributed by atoms with E-state index in [4.69, 9.17) is 4.74 Å². The maximum Gasteiger partial charge on any atom is 0.237 e. The summed E-state index contributed by atoms with van der Waals surface area (Å²) in [6.07, 6.45) is 0.991. The predicted octanol–water partition coefficient (Wildman–Crippen LogP) is 4.41. The van der Waals surface area contributed by atoms with Crippen molar-refractivity contribution >= 4 is 49.7 Å². The van der Waals surface area contributed by atoms with Crippen LogP contribution in [0.15, 0.2) is 24.3 Å². The number of nitrogens with zero attached hydrogens (tertiary/aromatic N) is 2. The Balaban J connectivity index is 2.25. The van der Waals surface area contributed by atoms with Gasteiger partial charge in [-0.25, -0.2) is 21.6 Å². The van der Waals surface area contributed by atoms with E-state index in [9.17, 15) is 21.6 Å². The molecular weight excluding hydrogens is 508 g/mol. The van der Waals surface area contributed by atoms with E-state index in [1.807, 2.05) is 22.6 Å². The molecular formula is C18H18F3IN2O3S. The van der Waals surface area contributed by atoms with E-state index in [1.54, 1.807) is 6.07 Å². The first kappa shape index (κ1) is 21.0. The molecule has 0 saturated heterocycles. The van der Waals surface area contributed by atoms with Crippen LogP contribution in [-0.4, -0.2) is 34.9 Å². The Morgan fingerprint density at radius 2 is 1.71 bits per heavy atom. The first-order chi connectivity index (χ1) is 13.1. The Labute approximate surface area is 175 Å². The molecule has 5 nitrogen and oxygen atoms in total. The quantitative estimate of drug-likeness (QED) is 0.524. The van der Waals surface area contributed by atoms with Gasteiger partial charge in [-0.05, 0) is 53.6 Å². The fourth-order valence-electron chi connectivity index (χ4n) is 2.94. The Morgan fingerprint density at radius 1 is 1.07 bits per heavy atom. The van der Waals surface area contributed by atoms with Gasteiger partial charge >= 0.3 is 0 Å². The highest BCUT2D eigenvalue weighted by atomic mass is 127. The van der Waals surface area contributed by atoms with Gasteiger partial charge in [0.25, 0.3) is 0 Å². The van der Waals surface area contributed by atoms with Crippen molar-refractivity contribution in [3.8, 4) is 5.75 Å². The molecule has 0 radical (unpaired) electrons. The van der Waals surface area contributed by atoms with E-state index < -0.39 is 38.4 Å². The van der Waals surface area contributed by atoms with Gasteiger partial charge in [0.05, 0.1) is 18.0 Å². The Morgan fingerprint density at radius 3 is 2.25 bits per heavy atom. The molecule has 0 heterocycles. The summed E-state index contributed by atoms with van der Waals surface area (Å²) < 4.78 is 75.7. The lowest BCUT2D eigenvalue weighted by Gasteiger charge is -2.29. The highest BCUT2D eigenvalue weighted by molar-refractivity contribution is 14.1. The summed E-state index contributed by atoms with van der Waals surface area (Å²) in [7, 11) is 0.0231. The largest absolute Gasteiger partial charge is 0.494 e. The molecule has 0 unspecified atom stereocenters. The minimum Gasteiger partial charge on any atom is -0.494 e. The molecule has 1 aliphatic carbocycles. The van der Waals surface area contributed by atoms with Crippen LogP contribution in [0.4, 0.5) is 30.2 Å². The predicted molar refractivity (Wildman–Crippen MR) is 110 cm³/mol. The molecule has 0 aromatic heterocycles. The molecule has 0 aliphatic heterocycles. The lowest BCUT2D eigenvalue weighted by atomic mass is 10.1. The fourth-order valence-corrected chi connectivity index (χ4v) is 5.00. The van der Waals surface area contributed by atoms with Crippen molar-refractivity contribution in [1.82, 2.24) is 0 Å². The van der Waals surface area contributed by atoms with E-state index in [1.165, 1.54) is 33.3 Å². The van der Waals surface area contributed by atoms with Crippen LogP contribution >= 0.6 is 22.6 Å². The van der Waals surface area contributed by atoms with Gasteiger partial charge in [0.15, 0.2) is 11.6 Å². The number of methoxy groups -OCH3 is 1. The minimum atomic E-state index is -3.79. The van der Waals surface area contributed by atoms with Crippen LogP contribution in [0, 0.1) is 21.0 Å². The molecule has 28 heavy (non-hydrogen) atoms. The number of sulfonamides is 1. The molecule has 0 N–H and O–H groups in total. The molecule has 0 bridgehead atoms. The van der Waals surface area contributed by atoms with E-state index in [2.05, 4.69) is 0 Å². The topological polar surface area (TPSA) is 49.9 Å². The molecule has 1 saturated carbocycles. The van der Waals surface area contributed by atoms with Crippen molar-refractivity contribution in [3.05, 3.63) is 45.3 Å². The van der Waals surface area contributed by atoms with Gasteiger partial charge < -0.3 is 9.64 Å². The normalized spacial score (nSPS) is 14.1. The second-order valence-corrected chi connectivity index (χ2v) is 9.93. The van der Waals surface area contributed by atoms with Gasteiger partial charge in [0.1, 0.15) is 22.9 Å². The third kappa shape index (κ3) is 3.63. The summed E-state index contributed by atoms with van der Waals surface area (Å²) in [6, 6.07) is 5.04. The smallest absolute Gasteiger partial charge is 0.237 e. The molecule has 0 amide bonds. The second-order valence-electron chi connectivity index (χ2n) is 6.44. The molecule has 1 fully saturated rings. The molecule has 2 aromatic rings. The number of hydrogen-bond donors (Lipinski definition) is 0. The first-order valence-electron chi connectivity index (χ1n) is 8.32. The third-order valence-corrected chi connectivity index (χ3v) is 7.53. The Hall–Kier alpha value is -1.69.